The van der Waals surface area contributed by atoms with Crippen molar-refractivity contribution in [1.82, 2.24) is 9.88 Å². The van der Waals surface area contributed by atoms with E-state index in [4.69, 9.17) is 11.0 Å². The van der Waals surface area contributed by atoms with Crippen LogP contribution >= 0.6 is 0 Å². The predicted octanol–water partition coefficient (Wildman–Crippen LogP) is 1.51. The molecule has 1 heterocycles. The number of rotatable bonds is 4. The molecule has 0 spiro atoms. The summed E-state index contributed by atoms with van der Waals surface area (Å²) in [7, 11) is 2.12. The van der Waals surface area contributed by atoms with Gasteiger partial charge in [0.05, 0.1) is 0 Å². The van der Waals surface area contributed by atoms with Gasteiger partial charge in [-0.1, -0.05) is 12.5 Å². The number of hydrogen-bond acceptors (Lipinski definition) is 4. The molecule has 2 rings (SSSR count). The zero-order valence-electron chi connectivity index (χ0n) is 10.8. The van der Waals surface area contributed by atoms with Crippen molar-refractivity contribution in [2.45, 2.75) is 31.8 Å². The van der Waals surface area contributed by atoms with Crippen LogP contribution in [0.3, 0.4) is 0 Å². The second-order valence-corrected chi connectivity index (χ2v) is 5.03. The van der Waals surface area contributed by atoms with E-state index in [1.807, 2.05) is 12.1 Å². The molecule has 0 saturated heterocycles. The topological polar surface area (TPSA) is 65.9 Å². The fourth-order valence-electron chi connectivity index (χ4n) is 2.93. The lowest BCUT2D eigenvalue weighted by molar-refractivity contribution is 0.192. The van der Waals surface area contributed by atoms with E-state index < -0.39 is 0 Å². The molecule has 18 heavy (non-hydrogen) atoms. The Morgan fingerprint density at radius 1 is 1.56 bits per heavy atom. The number of aromatic nitrogens is 1. The van der Waals surface area contributed by atoms with Crippen LogP contribution in [0.1, 0.15) is 30.5 Å². The maximum absolute atomic E-state index is 9.04. The van der Waals surface area contributed by atoms with E-state index in [2.05, 4.69) is 23.0 Å². The molecule has 0 radical (unpaired) electrons. The number of hydrogen-bond donors (Lipinski definition) is 1. The van der Waals surface area contributed by atoms with Crippen molar-refractivity contribution in [3.05, 3.63) is 29.6 Å². The van der Waals surface area contributed by atoms with E-state index in [0.717, 1.165) is 18.7 Å². The van der Waals surface area contributed by atoms with E-state index >= 15 is 0 Å². The Hall–Kier alpha value is -1.44. The van der Waals surface area contributed by atoms with Crippen LogP contribution in [-0.4, -0.2) is 29.5 Å². The number of nitriles is 1. The molecule has 2 unspecified atom stereocenters. The molecule has 0 bridgehead atoms. The molecule has 1 saturated carbocycles. The van der Waals surface area contributed by atoms with Crippen molar-refractivity contribution in [3.8, 4) is 6.07 Å². The number of nitrogens with zero attached hydrogens (tertiary/aromatic N) is 3. The molecule has 1 aromatic heterocycles. The van der Waals surface area contributed by atoms with Crippen LogP contribution in [0, 0.1) is 17.2 Å². The van der Waals surface area contributed by atoms with Gasteiger partial charge in [0.2, 0.25) is 0 Å². The summed E-state index contributed by atoms with van der Waals surface area (Å²) < 4.78 is 0. The normalized spacial score (nSPS) is 23.2. The van der Waals surface area contributed by atoms with Crippen LogP contribution < -0.4 is 5.73 Å². The smallest absolute Gasteiger partial charge is 0.144 e. The third-order valence-electron chi connectivity index (χ3n) is 3.90. The lowest BCUT2D eigenvalue weighted by Gasteiger charge is -2.29. The highest BCUT2D eigenvalue weighted by Gasteiger charge is 2.29. The molecule has 1 aliphatic rings. The van der Waals surface area contributed by atoms with Crippen LogP contribution in [0.25, 0.3) is 0 Å². The van der Waals surface area contributed by atoms with Gasteiger partial charge in [-0.2, -0.15) is 5.26 Å². The second-order valence-electron chi connectivity index (χ2n) is 5.03. The Balaban J connectivity index is 2.07. The fraction of sp³-hybridized carbons (Fsp3) is 0.571. The maximum Gasteiger partial charge on any atom is 0.144 e. The van der Waals surface area contributed by atoms with Crippen molar-refractivity contribution in [3.63, 3.8) is 0 Å². The van der Waals surface area contributed by atoms with Crippen LogP contribution in [0.2, 0.25) is 0 Å². The Kier molecular flexibility index (Phi) is 4.29. The molecular weight excluding hydrogens is 224 g/mol. The molecule has 2 N–H and O–H groups in total. The minimum atomic E-state index is 0.534. The van der Waals surface area contributed by atoms with Gasteiger partial charge in [0.15, 0.2) is 0 Å². The SMILES string of the molecule is CN(Cc1cccnc1C#N)C1CCCC1CN. The summed E-state index contributed by atoms with van der Waals surface area (Å²) in [5.74, 6) is 0.595. The second kappa shape index (κ2) is 5.94. The van der Waals surface area contributed by atoms with Gasteiger partial charge < -0.3 is 5.73 Å². The van der Waals surface area contributed by atoms with Gasteiger partial charge in [-0.25, -0.2) is 4.98 Å². The van der Waals surface area contributed by atoms with E-state index in [9.17, 15) is 0 Å². The Labute approximate surface area is 108 Å². The zero-order chi connectivity index (χ0) is 13.0. The standard InChI is InChI=1S/C14H20N4/c1-18(14-6-2-4-11(14)8-15)10-12-5-3-7-17-13(12)9-16/h3,5,7,11,14H,2,4,6,8,10,15H2,1H3. The molecule has 4 nitrogen and oxygen atoms in total. The van der Waals surface area contributed by atoms with E-state index in [-0.39, 0.29) is 0 Å². The molecule has 2 atom stereocenters. The third kappa shape index (κ3) is 2.69. The molecule has 1 aliphatic carbocycles. The molecule has 0 aliphatic heterocycles. The monoisotopic (exact) mass is 244 g/mol. The molecule has 1 fully saturated rings. The Morgan fingerprint density at radius 2 is 2.39 bits per heavy atom. The summed E-state index contributed by atoms with van der Waals surface area (Å²) in [4.78, 5) is 6.43. The van der Waals surface area contributed by atoms with Crippen LogP contribution in [-0.2, 0) is 6.54 Å². The van der Waals surface area contributed by atoms with Crippen LogP contribution in [0.4, 0.5) is 0 Å². The van der Waals surface area contributed by atoms with Gasteiger partial charge in [0.25, 0.3) is 0 Å². The third-order valence-corrected chi connectivity index (χ3v) is 3.90. The van der Waals surface area contributed by atoms with Crippen molar-refractivity contribution in [1.29, 1.82) is 5.26 Å². The predicted molar refractivity (Wildman–Crippen MR) is 70.6 cm³/mol. The van der Waals surface area contributed by atoms with Gasteiger partial charge in [-0.05, 0) is 38.4 Å². The molecular formula is C14H20N4. The molecule has 0 aromatic carbocycles. The van der Waals surface area contributed by atoms with Gasteiger partial charge in [0, 0.05) is 24.3 Å². The molecule has 1 aromatic rings. The summed E-state index contributed by atoms with van der Waals surface area (Å²) in [5, 5.41) is 9.04. The van der Waals surface area contributed by atoms with E-state index in [0.29, 0.717) is 17.7 Å². The lowest BCUT2D eigenvalue weighted by Crippen LogP contribution is -2.37. The molecule has 96 valence electrons. The van der Waals surface area contributed by atoms with E-state index in [1.165, 1.54) is 19.3 Å². The van der Waals surface area contributed by atoms with Gasteiger partial charge in [-0.15, -0.1) is 0 Å². The molecule has 4 heteroatoms. The summed E-state index contributed by atoms with van der Waals surface area (Å²) in [6.45, 7) is 1.53. The Morgan fingerprint density at radius 3 is 3.11 bits per heavy atom. The first-order valence-electron chi connectivity index (χ1n) is 6.50. The Bertz CT molecular complexity index is 438. The van der Waals surface area contributed by atoms with Crippen molar-refractivity contribution < 1.29 is 0 Å². The first-order valence-corrected chi connectivity index (χ1v) is 6.50. The van der Waals surface area contributed by atoms with Crippen LogP contribution in [0.5, 0.6) is 0 Å². The number of nitrogens with two attached hydrogens (primary N) is 1. The van der Waals surface area contributed by atoms with Gasteiger partial charge >= 0.3 is 0 Å². The highest BCUT2D eigenvalue weighted by atomic mass is 15.1. The largest absolute Gasteiger partial charge is 0.330 e. The average Bonchev–Trinajstić information content (AvgIpc) is 2.87. The van der Waals surface area contributed by atoms with E-state index in [1.54, 1.807) is 6.20 Å². The minimum Gasteiger partial charge on any atom is -0.330 e. The minimum absolute atomic E-state index is 0.534. The van der Waals surface area contributed by atoms with Crippen LogP contribution in [0.15, 0.2) is 18.3 Å². The first kappa shape index (κ1) is 13.0. The average molecular weight is 244 g/mol. The van der Waals surface area contributed by atoms with Crippen molar-refractivity contribution in [2.75, 3.05) is 13.6 Å². The highest BCUT2D eigenvalue weighted by molar-refractivity contribution is 5.30. The van der Waals surface area contributed by atoms with Gasteiger partial charge in [0.1, 0.15) is 11.8 Å². The van der Waals surface area contributed by atoms with Crippen molar-refractivity contribution in [2.24, 2.45) is 11.7 Å². The lowest BCUT2D eigenvalue weighted by atomic mass is 10.0. The molecule has 0 amide bonds. The summed E-state index contributed by atoms with van der Waals surface area (Å²) in [6.07, 6.45) is 5.36. The zero-order valence-corrected chi connectivity index (χ0v) is 10.8. The quantitative estimate of drug-likeness (QED) is 0.872. The van der Waals surface area contributed by atoms with Crippen molar-refractivity contribution >= 4 is 0 Å². The van der Waals surface area contributed by atoms with Gasteiger partial charge in [-0.3, -0.25) is 4.90 Å². The number of pyridine rings is 1. The first-order chi connectivity index (χ1) is 8.76. The maximum atomic E-state index is 9.04. The summed E-state index contributed by atoms with van der Waals surface area (Å²) >= 11 is 0. The summed E-state index contributed by atoms with van der Waals surface area (Å²) in [6, 6.07) is 6.57. The fourth-order valence-corrected chi connectivity index (χ4v) is 2.93. The summed E-state index contributed by atoms with van der Waals surface area (Å²) in [5.41, 5.74) is 7.36. The highest BCUT2D eigenvalue weighted by Crippen LogP contribution is 2.29.